The number of nitrogens with zero attached hydrogens (tertiary/aromatic N) is 1. The molecule has 1 heterocycles. The van der Waals surface area contributed by atoms with Crippen LogP contribution in [0.25, 0.3) is 17.8 Å². The van der Waals surface area contributed by atoms with E-state index in [0.717, 1.165) is 22.4 Å². The van der Waals surface area contributed by atoms with Gasteiger partial charge in [-0.25, -0.2) is 0 Å². The molecule has 6 aromatic rings. The zero-order chi connectivity index (χ0) is 35.9. The molecule has 0 unspecified atom stereocenters. The second-order valence-corrected chi connectivity index (χ2v) is 14.4. The zero-order valence-corrected chi connectivity index (χ0v) is 28.6. The Labute approximate surface area is 296 Å². The summed E-state index contributed by atoms with van der Waals surface area (Å²) in [6.45, 7) is 1.87. The summed E-state index contributed by atoms with van der Waals surface area (Å²) in [7, 11) is -4.65. The summed E-state index contributed by atoms with van der Waals surface area (Å²) in [5.41, 5.74) is 7.05. The minimum atomic E-state index is -4.65. The SMILES string of the molecule is Cc1cc2c(O)c(c1)Cc1cc(S(=O)(=O)O)cc(c1O)Cc1cccc(c1O)Cc1cc(/C=C/c3cc[n+](-c4ccccc4)cc3)cc(c1O)C2. The Kier molecular flexibility index (Phi) is 8.85. The number of hydrogen-bond donors (Lipinski definition) is 5. The maximum Gasteiger partial charge on any atom is 0.294 e. The molecule has 1 aliphatic carbocycles. The van der Waals surface area contributed by atoms with Gasteiger partial charge in [-0.3, -0.25) is 4.55 Å². The molecule has 8 nitrogen and oxygen atoms in total. The lowest BCUT2D eigenvalue weighted by Gasteiger charge is -2.18. The molecule has 0 amide bonds. The fraction of sp³-hybridized carbons (Fsp3) is 0.119. The van der Waals surface area contributed by atoms with E-state index in [4.69, 9.17) is 0 Å². The molecule has 0 aliphatic heterocycles. The van der Waals surface area contributed by atoms with Crippen molar-refractivity contribution in [2.24, 2.45) is 0 Å². The normalized spacial score (nSPS) is 13.0. The third-order valence-electron chi connectivity index (χ3n) is 9.35. The summed E-state index contributed by atoms with van der Waals surface area (Å²) in [6.07, 6.45) is 8.17. The van der Waals surface area contributed by atoms with Gasteiger partial charge >= 0.3 is 0 Å². The van der Waals surface area contributed by atoms with Crippen LogP contribution in [-0.2, 0) is 35.8 Å². The molecule has 8 bridgehead atoms. The lowest BCUT2D eigenvalue weighted by Crippen LogP contribution is -2.28. The first kappa shape index (κ1) is 33.6. The van der Waals surface area contributed by atoms with Crippen LogP contribution < -0.4 is 4.57 Å². The van der Waals surface area contributed by atoms with Crippen LogP contribution in [0.3, 0.4) is 0 Å². The fourth-order valence-corrected chi connectivity index (χ4v) is 7.35. The first-order valence-electron chi connectivity index (χ1n) is 16.5. The monoisotopic (exact) mass is 698 g/mol. The molecule has 1 aromatic heterocycles. The smallest absolute Gasteiger partial charge is 0.294 e. The number of benzene rings is 5. The Hall–Kier alpha value is -5.90. The summed E-state index contributed by atoms with van der Waals surface area (Å²) < 4.78 is 36.6. The van der Waals surface area contributed by atoms with E-state index in [1.807, 2.05) is 96.7 Å². The summed E-state index contributed by atoms with van der Waals surface area (Å²) in [5.74, 6) is -0.254. The second-order valence-electron chi connectivity index (χ2n) is 13.0. The molecular weight excluding hydrogens is 663 g/mol. The van der Waals surface area contributed by atoms with Crippen molar-refractivity contribution in [2.75, 3.05) is 0 Å². The molecule has 0 atom stereocenters. The molecule has 5 N–H and O–H groups in total. The molecule has 256 valence electrons. The molecule has 0 spiro atoms. The third-order valence-corrected chi connectivity index (χ3v) is 10.2. The molecule has 9 heteroatoms. The van der Waals surface area contributed by atoms with E-state index in [1.165, 1.54) is 12.1 Å². The number of rotatable bonds is 4. The maximum absolute atomic E-state index is 12.3. The molecule has 0 saturated heterocycles. The Morgan fingerprint density at radius 2 is 0.961 bits per heavy atom. The highest BCUT2D eigenvalue weighted by molar-refractivity contribution is 7.85. The molecule has 7 rings (SSSR count). The second kappa shape index (κ2) is 13.4. The van der Waals surface area contributed by atoms with Crippen LogP contribution in [0.4, 0.5) is 0 Å². The number of aromatic nitrogens is 1. The molecule has 1 aliphatic rings. The van der Waals surface area contributed by atoms with Crippen LogP contribution in [0.1, 0.15) is 61.2 Å². The van der Waals surface area contributed by atoms with E-state index in [2.05, 4.69) is 0 Å². The largest absolute Gasteiger partial charge is 0.507 e. The summed E-state index contributed by atoms with van der Waals surface area (Å²) in [6, 6.07) is 28.9. The minimum absolute atomic E-state index is 0.0455. The highest BCUT2D eigenvalue weighted by Crippen LogP contribution is 2.39. The molecule has 5 aromatic carbocycles. The van der Waals surface area contributed by atoms with Gasteiger partial charge in [-0.2, -0.15) is 13.0 Å². The highest BCUT2D eigenvalue weighted by Gasteiger charge is 2.22. The first-order valence-corrected chi connectivity index (χ1v) is 17.9. The standard InChI is InChI=1S/C42H35NO7S/c1-26-16-31-22-34-19-28(11-10-27-12-14-43(15-13-27)37-8-3-2-4-9-37)18-33(41(34)46)20-29-6-5-7-30(39(29)44)21-35-24-38(51(48,49)50)25-36(42(35)47)23-32(17-26)40(31)45/h2-19,24-25H,20-23H2,1H3,(H4,44,45,47,48,49,50)/p+1. The molecule has 0 saturated carbocycles. The van der Waals surface area contributed by atoms with Crippen molar-refractivity contribution in [3.05, 3.63) is 171 Å². The van der Waals surface area contributed by atoms with Gasteiger partial charge in [0.2, 0.25) is 5.69 Å². The number of phenolic OH excluding ortho intramolecular Hbond substituents is 4. The van der Waals surface area contributed by atoms with Crippen molar-refractivity contribution in [2.45, 2.75) is 37.5 Å². The summed E-state index contributed by atoms with van der Waals surface area (Å²) in [4.78, 5) is -0.402. The molecule has 0 radical (unpaired) electrons. The quantitative estimate of drug-likeness (QED) is 0.0969. The number of pyridine rings is 1. The van der Waals surface area contributed by atoms with E-state index in [0.29, 0.717) is 33.4 Å². The molecule has 0 fully saturated rings. The number of phenols is 4. The van der Waals surface area contributed by atoms with Crippen LogP contribution in [0.2, 0.25) is 0 Å². The van der Waals surface area contributed by atoms with Crippen LogP contribution in [0.15, 0.2) is 114 Å². The van der Waals surface area contributed by atoms with Gasteiger partial charge in [0.25, 0.3) is 10.1 Å². The van der Waals surface area contributed by atoms with Crippen LogP contribution >= 0.6 is 0 Å². The van der Waals surface area contributed by atoms with Gasteiger partial charge in [-0.05, 0) is 75.7 Å². The Morgan fingerprint density at radius 3 is 1.47 bits per heavy atom. The minimum Gasteiger partial charge on any atom is -0.507 e. The Balaban J connectivity index is 1.35. The number of hydrogen-bond acceptors (Lipinski definition) is 6. The van der Waals surface area contributed by atoms with Crippen LogP contribution in [0, 0.1) is 6.92 Å². The number of aromatic hydroxyl groups is 4. The Morgan fingerprint density at radius 1 is 0.529 bits per heavy atom. The van der Waals surface area contributed by atoms with Crippen molar-refractivity contribution in [3.63, 3.8) is 0 Å². The predicted octanol–water partition coefficient (Wildman–Crippen LogP) is 7.19. The van der Waals surface area contributed by atoms with Gasteiger partial charge in [0.05, 0.1) is 4.90 Å². The van der Waals surface area contributed by atoms with Crippen LogP contribution in [0.5, 0.6) is 23.0 Å². The van der Waals surface area contributed by atoms with Crippen LogP contribution in [-0.4, -0.2) is 33.4 Å². The first-order chi connectivity index (χ1) is 24.4. The number of aryl methyl sites for hydroxylation is 1. The van der Waals surface area contributed by atoms with E-state index in [-0.39, 0.29) is 59.8 Å². The maximum atomic E-state index is 12.3. The molecular formula is C42H36NO7S+. The zero-order valence-electron chi connectivity index (χ0n) is 27.8. The Bertz CT molecular complexity index is 2440. The van der Waals surface area contributed by atoms with Crippen molar-refractivity contribution in [1.82, 2.24) is 0 Å². The van der Waals surface area contributed by atoms with E-state index in [1.54, 1.807) is 24.3 Å². The van der Waals surface area contributed by atoms with Crippen molar-refractivity contribution < 1.29 is 38.0 Å². The summed E-state index contributed by atoms with van der Waals surface area (Å²) >= 11 is 0. The van der Waals surface area contributed by atoms with Gasteiger partial charge in [-0.1, -0.05) is 66.2 Å². The lowest BCUT2D eigenvalue weighted by molar-refractivity contribution is -0.595. The lowest BCUT2D eigenvalue weighted by atomic mass is 9.90. The van der Waals surface area contributed by atoms with Crippen molar-refractivity contribution in [1.29, 1.82) is 0 Å². The van der Waals surface area contributed by atoms with E-state index < -0.39 is 15.0 Å². The van der Waals surface area contributed by atoms with Gasteiger partial charge in [0, 0.05) is 61.1 Å². The van der Waals surface area contributed by atoms with Gasteiger partial charge in [-0.15, -0.1) is 0 Å². The predicted molar refractivity (Wildman–Crippen MR) is 195 cm³/mol. The van der Waals surface area contributed by atoms with E-state index in [9.17, 15) is 33.4 Å². The summed E-state index contributed by atoms with van der Waals surface area (Å²) in [5, 5.41) is 46.0. The average Bonchev–Trinajstić information content (AvgIpc) is 3.10. The highest BCUT2D eigenvalue weighted by atomic mass is 32.2. The molecule has 51 heavy (non-hydrogen) atoms. The number of para-hydroxylation sites is 2. The van der Waals surface area contributed by atoms with Crippen molar-refractivity contribution >= 4 is 22.3 Å². The third kappa shape index (κ3) is 7.08. The topological polar surface area (TPSA) is 139 Å². The number of fused-ring (bicyclic) bond motifs is 8. The fourth-order valence-electron chi connectivity index (χ4n) is 6.77. The van der Waals surface area contributed by atoms with Gasteiger partial charge < -0.3 is 20.4 Å². The van der Waals surface area contributed by atoms with Crippen molar-refractivity contribution in [3.8, 4) is 28.7 Å². The average molecular weight is 699 g/mol. The van der Waals surface area contributed by atoms with Gasteiger partial charge in [0.15, 0.2) is 12.4 Å². The van der Waals surface area contributed by atoms with Gasteiger partial charge in [0.1, 0.15) is 23.0 Å². The van der Waals surface area contributed by atoms with E-state index >= 15 is 0 Å².